The lowest BCUT2D eigenvalue weighted by Gasteiger charge is -2.33. The van der Waals surface area contributed by atoms with Crippen LogP contribution in [-0.2, 0) is 6.54 Å². The zero-order valence-corrected chi connectivity index (χ0v) is 17.1. The van der Waals surface area contributed by atoms with Gasteiger partial charge < -0.3 is 10.2 Å². The van der Waals surface area contributed by atoms with Gasteiger partial charge in [0.1, 0.15) is 23.5 Å². The molecular formula is C20H16BrF5N4. The van der Waals surface area contributed by atoms with E-state index in [2.05, 4.69) is 37.8 Å². The third kappa shape index (κ3) is 3.36. The van der Waals surface area contributed by atoms with Gasteiger partial charge in [-0.1, -0.05) is 24.8 Å². The van der Waals surface area contributed by atoms with Crippen LogP contribution in [0.2, 0.25) is 0 Å². The van der Waals surface area contributed by atoms with Gasteiger partial charge in [-0.3, -0.25) is 0 Å². The number of hydrogen-bond acceptors (Lipinski definition) is 4. The maximum absolute atomic E-state index is 14.3. The lowest BCUT2D eigenvalue weighted by Crippen LogP contribution is -2.46. The van der Waals surface area contributed by atoms with Crippen molar-refractivity contribution in [2.75, 3.05) is 5.32 Å². The van der Waals surface area contributed by atoms with Gasteiger partial charge in [-0.15, -0.1) is 0 Å². The highest BCUT2D eigenvalue weighted by atomic mass is 79.9. The molecule has 1 aliphatic carbocycles. The van der Waals surface area contributed by atoms with Crippen molar-refractivity contribution < 1.29 is 22.0 Å². The molecule has 1 aromatic heterocycles. The van der Waals surface area contributed by atoms with Crippen LogP contribution in [0.3, 0.4) is 0 Å². The van der Waals surface area contributed by atoms with Crippen LogP contribution in [0.15, 0.2) is 36.8 Å². The van der Waals surface area contributed by atoms with Gasteiger partial charge in [-0.2, -0.15) is 0 Å². The normalized spacial score (nSPS) is 17.3. The van der Waals surface area contributed by atoms with Crippen LogP contribution in [0.5, 0.6) is 0 Å². The van der Waals surface area contributed by atoms with Gasteiger partial charge in [-0.05, 0) is 28.8 Å². The molecule has 2 heterocycles. The van der Waals surface area contributed by atoms with Crippen LogP contribution in [0.4, 0.5) is 27.8 Å². The van der Waals surface area contributed by atoms with E-state index >= 15 is 0 Å². The van der Waals surface area contributed by atoms with E-state index in [0.717, 1.165) is 6.07 Å². The van der Waals surface area contributed by atoms with Crippen molar-refractivity contribution in [2.24, 2.45) is 0 Å². The molecular weight excluding hydrogens is 471 g/mol. The monoisotopic (exact) mass is 486 g/mol. The number of halogens is 6. The fraction of sp³-hybridized carbons (Fsp3) is 0.300. The predicted molar refractivity (Wildman–Crippen MR) is 106 cm³/mol. The lowest BCUT2D eigenvalue weighted by atomic mass is 10.1. The maximum Gasteiger partial charge on any atom is 0.266 e. The van der Waals surface area contributed by atoms with E-state index in [9.17, 15) is 22.0 Å². The molecule has 0 amide bonds. The summed E-state index contributed by atoms with van der Waals surface area (Å²) in [7, 11) is 0. The first kappa shape index (κ1) is 20.8. The van der Waals surface area contributed by atoms with Gasteiger partial charge in [0.05, 0.1) is 26.3 Å². The van der Waals surface area contributed by atoms with Crippen molar-refractivity contribution in [3.8, 4) is 0 Å². The van der Waals surface area contributed by atoms with E-state index in [4.69, 9.17) is 0 Å². The van der Waals surface area contributed by atoms with Gasteiger partial charge >= 0.3 is 0 Å². The Labute approximate surface area is 177 Å². The molecule has 4 rings (SSSR count). The van der Waals surface area contributed by atoms with E-state index < -0.39 is 29.8 Å². The van der Waals surface area contributed by atoms with Gasteiger partial charge in [-0.25, -0.2) is 31.9 Å². The first-order valence-corrected chi connectivity index (χ1v) is 9.84. The number of nitrogens with zero attached hydrogens (tertiary/aromatic N) is 3. The molecule has 2 aliphatic rings. The molecule has 0 unspecified atom stereocenters. The molecule has 1 aliphatic heterocycles. The summed E-state index contributed by atoms with van der Waals surface area (Å²) in [6.07, 6.45) is -2.09. The fourth-order valence-corrected chi connectivity index (χ4v) is 3.96. The summed E-state index contributed by atoms with van der Waals surface area (Å²) in [6.45, 7) is 3.78. The molecule has 2 aromatic rings. The van der Waals surface area contributed by atoms with Gasteiger partial charge in [0, 0.05) is 18.3 Å². The van der Waals surface area contributed by atoms with E-state index in [1.54, 1.807) is 0 Å². The summed E-state index contributed by atoms with van der Waals surface area (Å²) in [5.41, 5.74) is -1.61. The lowest BCUT2D eigenvalue weighted by molar-refractivity contribution is 0.0531. The number of aromatic nitrogens is 2. The molecule has 0 radical (unpaired) electrons. The summed E-state index contributed by atoms with van der Waals surface area (Å²) in [5.74, 6) is -0.731. The summed E-state index contributed by atoms with van der Waals surface area (Å²) in [5, 5.41) is 3.78. The van der Waals surface area contributed by atoms with Crippen molar-refractivity contribution in [3.63, 3.8) is 0 Å². The van der Waals surface area contributed by atoms with Crippen LogP contribution in [0.25, 0.3) is 10.7 Å². The maximum atomic E-state index is 14.3. The van der Waals surface area contributed by atoms with Crippen LogP contribution in [0.1, 0.15) is 30.4 Å². The largest absolute Gasteiger partial charge is 0.365 e. The molecule has 1 aromatic carbocycles. The number of allylic oxidation sites excluding steroid dienone is 1. The van der Waals surface area contributed by atoms with Crippen LogP contribution in [-0.4, -0.2) is 26.8 Å². The molecule has 1 N–H and O–H groups in total. The van der Waals surface area contributed by atoms with E-state index in [-0.39, 0.29) is 17.9 Å². The van der Waals surface area contributed by atoms with Gasteiger partial charge in [0.2, 0.25) is 0 Å². The third-order valence-electron chi connectivity index (χ3n) is 5.33. The molecule has 10 heteroatoms. The third-order valence-corrected chi connectivity index (χ3v) is 6.17. The standard InChI is InChI=1S/C20H16BrF5N4/c1-10-14(21)16-13(8-30(10)20(5-6-20)19(25)26)18(29-9-28-16)27-7-11-3-2-4-12(15(11)22)17(23)24/h2-4,8-9,17,19H,1,5-7H2,(H,27,28,29). The Hall–Kier alpha value is -2.49. The van der Waals surface area contributed by atoms with Crippen molar-refractivity contribution in [3.05, 3.63) is 64.3 Å². The highest BCUT2D eigenvalue weighted by Gasteiger charge is 2.56. The van der Waals surface area contributed by atoms with Crippen LogP contribution in [0, 0.1) is 5.82 Å². The Kier molecular flexibility index (Phi) is 5.29. The summed E-state index contributed by atoms with van der Waals surface area (Å²) in [4.78, 5) is 9.75. The zero-order chi connectivity index (χ0) is 21.6. The molecule has 0 saturated heterocycles. The highest BCUT2D eigenvalue weighted by molar-refractivity contribution is 9.15. The Balaban J connectivity index is 1.72. The molecule has 0 atom stereocenters. The minimum atomic E-state index is -2.93. The highest BCUT2D eigenvalue weighted by Crippen LogP contribution is 2.50. The number of benzene rings is 1. The average molecular weight is 487 g/mol. The number of hydrogen-bond donors (Lipinski definition) is 1. The SMILES string of the molecule is C=C1C(Br)=c2ncnc(NCc3cccc(C(F)F)c3F)c2=CN1C1(C(F)F)CC1. The second-order valence-electron chi connectivity index (χ2n) is 7.12. The number of rotatable bonds is 6. The summed E-state index contributed by atoms with van der Waals surface area (Å²) < 4.78 is 68.0. The second-order valence-corrected chi connectivity index (χ2v) is 7.92. The molecule has 1 fully saturated rings. The molecule has 1 saturated carbocycles. The molecule has 0 spiro atoms. The summed E-state index contributed by atoms with van der Waals surface area (Å²) >= 11 is 3.38. The summed E-state index contributed by atoms with van der Waals surface area (Å²) in [6, 6.07) is 3.76. The average Bonchev–Trinajstić information content (AvgIpc) is 3.51. The van der Waals surface area contributed by atoms with Crippen molar-refractivity contribution in [1.29, 1.82) is 0 Å². The number of nitrogens with one attached hydrogen (secondary N) is 1. The number of alkyl halides is 4. The predicted octanol–water partition coefficient (Wildman–Crippen LogP) is 4.03. The number of anilines is 1. The van der Waals surface area contributed by atoms with Gasteiger partial charge in [0.15, 0.2) is 0 Å². The Morgan fingerprint density at radius 3 is 2.57 bits per heavy atom. The van der Waals surface area contributed by atoms with Crippen molar-refractivity contribution in [1.82, 2.24) is 14.9 Å². The van der Waals surface area contributed by atoms with Crippen LogP contribution >= 0.6 is 15.9 Å². The molecule has 158 valence electrons. The second kappa shape index (κ2) is 7.64. The zero-order valence-electron chi connectivity index (χ0n) is 15.5. The fourth-order valence-electron chi connectivity index (χ4n) is 3.46. The number of fused-ring (bicyclic) bond motifs is 1. The molecule has 0 bridgehead atoms. The van der Waals surface area contributed by atoms with E-state index in [1.165, 1.54) is 29.6 Å². The molecule has 30 heavy (non-hydrogen) atoms. The van der Waals surface area contributed by atoms with Gasteiger partial charge in [0.25, 0.3) is 12.9 Å². The van der Waals surface area contributed by atoms with E-state index in [0.29, 0.717) is 33.6 Å². The first-order valence-electron chi connectivity index (χ1n) is 9.05. The van der Waals surface area contributed by atoms with Crippen molar-refractivity contribution >= 4 is 32.4 Å². The smallest absolute Gasteiger partial charge is 0.266 e. The van der Waals surface area contributed by atoms with Crippen molar-refractivity contribution in [2.45, 2.75) is 37.8 Å². The molecule has 4 nitrogen and oxygen atoms in total. The first-order chi connectivity index (χ1) is 14.3. The minimum Gasteiger partial charge on any atom is -0.365 e. The van der Waals surface area contributed by atoms with E-state index in [1.807, 2.05) is 0 Å². The quantitative estimate of drug-likeness (QED) is 0.625. The Bertz CT molecular complexity index is 1130. The Morgan fingerprint density at radius 1 is 1.20 bits per heavy atom. The minimum absolute atomic E-state index is 0.0338. The Morgan fingerprint density at radius 2 is 1.93 bits per heavy atom. The van der Waals surface area contributed by atoms with Crippen LogP contribution < -0.4 is 15.9 Å². The topological polar surface area (TPSA) is 41.1 Å².